The SMILES string of the molecule is CCN1CCN(C(=O)c2nnc(N)s2)CC1. The predicted molar refractivity (Wildman–Crippen MR) is 62.3 cm³/mol. The monoisotopic (exact) mass is 241 g/mol. The van der Waals surface area contributed by atoms with Gasteiger partial charge in [-0.05, 0) is 6.54 Å². The standard InChI is InChI=1S/C9H15N5OS/c1-2-13-3-5-14(6-4-13)8(15)7-11-12-9(10)16-7/h2-6H2,1H3,(H2,10,12). The van der Waals surface area contributed by atoms with E-state index < -0.39 is 0 Å². The first-order chi connectivity index (χ1) is 7.70. The van der Waals surface area contributed by atoms with Gasteiger partial charge < -0.3 is 15.5 Å². The molecule has 0 atom stereocenters. The summed E-state index contributed by atoms with van der Waals surface area (Å²) in [4.78, 5) is 16.1. The maximum Gasteiger partial charge on any atom is 0.284 e. The number of nitrogen functional groups attached to an aromatic ring is 1. The lowest BCUT2D eigenvalue weighted by molar-refractivity contribution is 0.0642. The molecule has 16 heavy (non-hydrogen) atoms. The molecule has 1 aromatic rings. The summed E-state index contributed by atoms with van der Waals surface area (Å²) < 4.78 is 0. The summed E-state index contributed by atoms with van der Waals surface area (Å²) in [6.45, 7) is 6.53. The fourth-order valence-corrected chi connectivity index (χ4v) is 2.30. The van der Waals surface area contributed by atoms with Gasteiger partial charge in [0.25, 0.3) is 5.91 Å². The molecule has 88 valence electrons. The van der Waals surface area contributed by atoms with Crippen LogP contribution in [0.15, 0.2) is 0 Å². The van der Waals surface area contributed by atoms with Crippen molar-refractivity contribution in [3.05, 3.63) is 5.01 Å². The van der Waals surface area contributed by atoms with Gasteiger partial charge in [0.1, 0.15) is 0 Å². The summed E-state index contributed by atoms with van der Waals surface area (Å²) in [5.74, 6) is -0.0510. The molecule has 0 aromatic carbocycles. The number of rotatable bonds is 2. The minimum absolute atomic E-state index is 0.0510. The van der Waals surface area contributed by atoms with Crippen molar-refractivity contribution in [1.82, 2.24) is 20.0 Å². The van der Waals surface area contributed by atoms with Crippen molar-refractivity contribution in [3.63, 3.8) is 0 Å². The number of piperazine rings is 1. The second-order valence-electron chi connectivity index (χ2n) is 3.67. The zero-order valence-corrected chi connectivity index (χ0v) is 10.0. The highest BCUT2D eigenvalue weighted by atomic mass is 32.1. The third-order valence-corrected chi connectivity index (χ3v) is 3.47. The molecule has 1 saturated heterocycles. The Labute approximate surface area is 98.0 Å². The molecular formula is C9H15N5OS. The fraction of sp³-hybridized carbons (Fsp3) is 0.667. The molecule has 0 radical (unpaired) electrons. The van der Waals surface area contributed by atoms with E-state index in [1.54, 1.807) is 0 Å². The Bertz CT molecular complexity index is 372. The summed E-state index contributed by atoms with van der Waals surface area (Å²) in [6.07, 6.45) is 0. The number of aromatic nitrogens is 2. The van der Waals surface area contributed by atoms with E-state index in [2.05, 4.69) is 22.0 Å². The lowest BCUT2D eigenvalue weighted by Gasteiger charge is -2.33. The largest absolute Gasteiger partial charge is 0.374 e. The molecule has 2 heterocycles. The molecular weight excluding hydrogens is 226 g/mol. The zero-order valence-electron chi connectivity index (χ0n) is 9.22. The number of amides is 1. The van der Waals surface area contributed by atoms with E-state index in [1.807, 2.05) is 4.90 Å². The number of carbonyl (C=O) groups is 1. The Kier molecular flexibility index (Phi) is 3.35. The van der Waals surface area contributed by atoms with Gasteiger partial charge in [0.15, 0.2) is 0 Å². The summed E-state index contributed by atoms with van der Waals surface area (Å²) in [5.41, 5.74) is 5.46. The number of carbonyl (C=O) groups excluding carboxylic acids is 1. The number of nitrogens with zero attached hydrogens (tertiary/aromatic N) is 4. The van der Waals surface area contributed by atoms with Crippen LogP contribution in [-0.2, 0) is 0 Å². The number of hydrogen-bond acceptors (Lipinski definition) is 6. The third kappa shape index (κ3) is 2.30. The molecule has 2 N–H and O–H groups in total. The molecule has 1 aromatic heterocycles. The van der Waals surface area contributed by atoms with Crippen molar-refractivity contribution in [2.45, 2.75) is 6.92 Å². The maximum absolute atomic E-state index is 12.0. The second-order valence-corrected chi connectivity index (χ2v) is 4.68. The molecule has 0 unspecified atom stereocenters. The molecule has 1 aliphatic rings. The van der Waals surface area contributed by atoms with Crippen molar-refractivity contribution in [3.8, 4) is 0 Å². The van der Waals surface area contributed by atoms with Gasteiger partial charge in [0.2, 0.25) is 10.1 Å². The minimum atomic E-state index is -0.0510. The van der Waals surface area contributed by atoms with Crippen LogP contribution in [0.5, 0.6) is 0 Å². The van der Waals surface area contributed by atoms with Crippen LogP contribution < -0.4 is 5.73 Å². The van der Waals surface area contributed by atoms with Gasteiger partial charge >= 0.3 is 0 Å². The van der Waals surface area contributed by atoms with Crippen LogP contribution in [-0.4, -0.2) is 58.6 Å². The molecule has 6 nitrogen and oxygen atoms in total. The van der Waals surface area contributed by atoms with Crippen molar-refractivity contribution >= 4 is 22.4 Å². The van der Waals surface area contributed by atoms with Gasteiger partial charge in [0, 0.05) is 26.2 Å². The highest BCUT2D eigenvalue weighted by molar-refractivity contribution is 7.16. The zero-order chi connectivity index (χ0) is 11.5. The normalized spacial score (nSPS) is 17.7. The van der Waals surface area contributed by atoms with Gasteiger partial charge in [-0.15, -0.1) is 10.2 Å². The van der Waals surface area contributed by atoms with Gasteiger partial charge in [-0.1, -0.05) is 18.3 Å². The number of likely N-dealkylation sites (N-methyl/N-ethyl adjacent to an activating group) is 1. The maximum atomic E-state index is 12.0. The smallest absolute Gasteiger partial charge is 0.284 e. The summed E-state index contributed by atoms with van der Waals surface area (Å²) in [7, 11) is 0. The van der Waals surface area contributed by atoms with Crippen LogP contribution in [0.2, 0.25) is 0 Å². The summed E-state index contributed by atoms with van der Waals surface area (Å²) in [6, 6.07) is 0. The Balaban J connectivity index is 1.96. The molecule has 1 aliphatic heterocycles. The molecule has 7 heteroatoms. The lowest BCUT2D eigenvalue weighted by atomic mass is 10.3. The third-order valence-electron chi connectivity index (χ3n) is 2.73. The Morgan fingerprint density at radius 3 is 2.56 bits per heavy atom. The summed E-state index contributed by atoms with van der Waals surface area (Å²) in [5, 5.41) is 8.16. The van der Waals surface area contributed by atoms with Gasteiger partial charge in [-0.25, -0.2) is 0 Å². The molecule has 2 rings (SSSR count). The number of hydrogen-bond donors (Lipinski definition) is 1. The molecule has 0 aliphatic carbocycles. The summed E-state index contributed by atoms with van der Waals surface area (Å²) >= 11 is 1.15. The highest BCUT2D eigenvalue weighted by Crippen LogP contribution is 2.14. The van der Waals surface area contributed by atoms with Crippen LogP contribution >= 0.6 is 11.3 Å². The van der Waals surface area contributed by atoms with E-state index in [-0.39, 0.29) is 5.91 Å². The van der Waals surface area contributed by atoms with Crippen LogP contribution in [0.4, 0.5) is 5.13 Å². The van der Waals surface area contributed by atoms with Crippen molar-refractivity contribution in [1.29, 1.82) is 0 Å². The number of nitrogens with two attached hydrogens (primary N) is 1. The van der Waals surface area contributed by atoms with Crippen LogP contribution in [0.3, 0.4) is 0 Å². The second kappa shape index (κ2) is 4.75. The van der Waals surface area contributed by atoms with Gasteiger partial charge in [-0.3, -0.25) is 4.79 Å². The predicted octanol–water partition coefficient (Wildman–Crippen LogP) is -0.102. The van der Waals surface area contributed by atoms with Gasteiger partial charge in [0.05, 0.1) is 0 Å². The van der Waals surface area contributed by atoms with Crippen LogP contribution in [0, 0.1) is 0 Å². The molecule has 1 fully saturated rings. The van der Waals surface area contributed by atoms with Gasteiger partial charge in [-0.2, -0.15) is 0 Å². The topological polar surface area (TPSA) is 75.3 Å². The number of anilines is 1. The Morgan fingerprint density at radius 1 is 1.38 bits per heavy atom. The highest BCUT2D eigenvalue weighted by Gasteiger charge is 2.23. The van der Waals surface area contributed by atoms with Crippen molar-refractivity contribution < 1.29 is 4.79 Å². The fourth-order valence-electron chi connectivity index (χ4n) is 1.72. The molecule has 0 bridgehead atoms. The quantitative estimate of drug-likeness (QED) is 0.782. The first-order valence-corrected chi connectivity index (χ1v) is 6.13. The first-order valence-electron chi connectivity index (χ1n) is 5.31. The van der Waals surface area contributed by atoms with E-state index in [0.717, 1.165) is 44.1 Å². The van der Waals surface area contributed by atoms with Crippen molar-refractivity contribution in [2.75, 3.05) is 38.5 Å². The van der Waals surface area contributed by atoms with Crippen LogP contribution in [0.25, 0.3) is 0 Å². The molecule has 0 spiro atoms. The average Bonchev–Trinajstić information content (AvgIpc) is 2.75. The first kappa shape index (κ1) is 11.3. The lowest BCUT2D eigenvalue weighted by Crippen LogP contribution is -2.48. The van der Waals surface area contributed by atoms with E-state index in [4.69, 9.17) is 5.73 Å². The van der Waals surface area contributed by atoms with Crippen molar-refractivity contribution in [2.24, 2.45) is 0 Å². The van der Waals surface area contributed by atoms with E-state index in [9.17, 15) is 4.79 Å². The Morgan fingerprint density at radius 2 is 2.06 bits per heavy atom. The average molecular weight is 241 g/mol. The minimum Gasteiger partial charge on any atom is -0.374 e. The van der Waals surface area contributed by atoms with E-state index in [1.165, 1.54) is 0 Å². The van der Waals surface area contributed by atoms with E-state index in [0.29, 0.717) is 10.1 Å². The Hall–Kier alpha value is -1.21. The van der Waals surface area contributed by atoms with Crippen LogP contribution in [0.1, 0.15) is 16.7 Å². The molecule has 0 saturated carbocycles. The van der Waals surface area contributed by atoms with E-state index >= 15 is 0 Å². The molecule has 1 amide bonds.